The molecule has 0 amide bonds. The molecule has 1 saturated carbocycles. The first-order valence-corrected chi connectivity index (χ1v) is 7.51. The third-order valence-corrected chi connectivity index (χ3v) is 3.45. The second-order valence-electron chi connectivity index (χ2n) is 5.17. The van der Waals surface area contributed by atoms with E-state index in [2.05, 4.69) is 12.2 Å². The molecular weight excluding hydrogens is 250 g/mol. The van der Waals surface area contributed by atoms with Crippen molar-refractivity contribution in [3.05, 3.63) is 36.0 Å². The van der Waals surface area contributed by atoms with Gasteiger partial charge in [0.15, 0.2) is 5.78 Å². The molecule has 0 saturated heterocycles. The van der Waals surface area contributed by atoms with Crippen LogP contribution < -0.4 is 10.1 Å². The fourth-order valence-corrected chi connectivity index (χ4v) is 2.27. The Morgan fingerprint density at radius 3 is 2.65 bits per heavy atom. The van der Waals surface area contributed by atoms with Crippen molar-refractivity contribution in [2.75, 3.05) is 11.9 Å². The Hall–Kier alpha value is -1.77. The van der Waals surface area contributed by atoms with Crippen molar-refractivity contribution >= 4 is 11.5 Å². The van der Waals surface area contributed by atoms with Crippen molar-refractivity contribution in [1.29, 1.82) is 0 Å². The predicted octanol–water partition coefficient (Wildman–Crippen LogP) is 4.30. The van der Waals surface area contributed by atoms with Crippen LogP contribution in [-0.4, -0.2) is 12.4 Å². The van der Waals surface area contributed by atoms with Crippen LogP contribution in [0.25, 0.3) is 0 Å². The van der Waals surface area contributed by atoms with Crippen LogP contribution in [-0.2, 0) is 4.79 Å². The summed E-state index contributed by atoms with van der Waals surface area (Å²) < 4.78 is 5.54. The summed E-state index contributed by atoms with van der Waals surface area (Å²) in [5.41, 5.74) is 1.91. The van der Waals surface area contributed by atoms with Crippen molar-refractivity contribution in [3.63, 3.8) is 0 Å². The summed E-state index contributed by atoms with van der Waals surface area (Å²) in [7, 11) is 0. The first kappa shape index (κ1) is 14.6. The van der Waals surface area contributed by atoms with Crippen LogP contribution in [0.2, 0.25) is 0 Å². The molecule has 3 nitrogen and oxygen atoms in total. The van der Waals surface area contributed by atoms with Crippen molar-refractivity contribution in [3.8, 4) is 5.75 Å². The van der Waals surface area contributed by atoms with Gasteiger partial charge in [-0.1, -0.05) is 13.3 Å². The lowest BCUT2D eigenvalue weighted by Crippen LogP contribution is -2.02. The molecule has 1 aliphatic rings. The average molecular weight is 273 g/mol. The zero-order valence-electron chi connectivity index (χ0n) is 12.2. The minimum Gasteiger partial charge on any atom is -0.494 e. The zero-order chi connectivity index (χ0) is 14.2. The molecule has 0 aliphatic heterocycles. The Balaban J connectivity index is 1.93. The Morgan fingerprint density at radius 2 is 1.90 bits per heavy atom. The molecule has 0 radical (unpaired) electrons. The zero-order valence-corrected chi connectivity index (χ0v) is 12.2. The number of allylic oxidation sites excluding steroid dienone is 1. The van der Waals surface area contributed by atoms with Gasteiger partial charge in [-0.05, 0) is 49.9 Å². The highest BCUT2D eigenvalue weighted by atomic mass is 16.5. The van der Waals surface area contributed by atoms with Gasteiger partial charge in [-0.15, -0.1) is 0 Å². The summed E-state index contributed by atoms with van der Waals surface area (Å²) in [6, 6.07) is 7.85. The molecule has 1 aromatic rings. The summed E-state index contributed by atoms with van der Waals surface area (Å²) in [5, 5.41) is 3.22. The van der Waals surface area contributed by atoms with E-state index in [1.165, 1.54) is 0 Å². The second kappa shape index (κ2) is 7.73. The van der Waals surface area contributed by atoms with E-state index in [4.69, 9.17) is 4.74 Å². The molecule has 0 atom stereocenters. The number of ketones is 1. The van der Waals surface area contributed by atoms with E-state index in [9.17, 15) is 4.79 Å². The smallest absolute Gasteiger partial charge is 0.160 e. The largest absolute Gasteiger partial charge is 0.494 e. The Kier molecular flexibility index (Phi) is 5.66. The number of carbonyl (C=O) groups excluding carboxylic acids is 1. The Bertz CT molecular complexity index is 462. The molecule has 3 heteroatoms. The first-order valence-electron chi connectivity index (χ1n) is 7.51. The number of benzene rings is 1. The van der Waals surface area contributed by atoms with Crippen LogP contribution in [0.5, 0.6) is 5.75 Å². The third kappa shape index (κ3) is 4.41. The number of carbonyl (C=O) groups is 1. The summed E-state index contributed by atoms with van der Waals surface area (Å²) in [4.78, 5) is 11.9. The van der Waals surface area contributed by atoms with Gasteiger partial charge in [-0.3, -0.25) is 4.79 Å². The number of ether oxygens (including phenoxy) is 1. The van der Waals surface area contributed by atoms with E-state index >= 15 is 0 Å². The van der Waals surface area contributed by atoms with E-state index in [0.717, 1.165) is 55.7 Å². The van der Waals surface area contributed by atoms with E-state index in [1.54, 1.807) is 0 Å². The van der Waals surface area contributed by atoms with Crippen molar-refractivity contribution < 1.29 is 9.53 Å². The van der Waals surface area contributed by atoms with Gasteiger partial charge in [-0.25, -0.2) is 0 Å². The summed E-state index contributed by atoms with van der Waals surface area (Å²) >= 11 is 0. The molecule has 1 aliphatic carbocycles. The molecule has 0 unspecified atom stereocenters. The van der Waals surface area contributed by atoms with Crippen LogP contribution in [0.1, 0.15) is 45.4 Å². The topological polar surface area (TPSA) is 38.3 Å². The molecular formula is C17H23NO2. The van der Waals surface area contributed by atoms with Crippen LogP contribution in [0.4, 0.5) is 5.69 Å². The Morgan fingerprint density at radius 1 is 1.15 bits per heavy atom. The molecule has 0 aromatic heterocycles. The number of Topliss-reactive ketones (excluding diaryl/α,β-unsaturated/α-hetero) is 1. The molecule has 108 valence electrons. The molecule has 1 N–H and O–H groups in total. The van der Waals surface area contributed by atoms with Crippen LogP contribution >= 0.6 is 0 Å². The molecule has 0 bridgehead atoms. The maximum absolute atomic E-state index is 11.9. The van der Waals surface area contributed by atoms with Crippen molar-refractivity contribution in [2.45, 2.75) is 45.4 Å². The fourth-order valence-electron chi connectivity index (χ4n) is 2.27. The third-order valence-electron chi connectivity index (χ3n) is 3.45. The van der Waals surface area contributed by atoms with E-state index in [-0.39, 0.29) is 5.78 Å². The van der Waals surface area contributed by atoms with Crippen LogP contribution in [0.3, 0.4) is 0 Å². The summed E-state index contributed by atoms with van der Waals surface area (Å²) in [6.45, 7) is 2.83. The average Bonchev–Trinajstić information content (AvgIpc) is 2.68. The van der Waals surface area contributed by atoms with Gasteiger partial charge in [0.05, 0.1) is 6.61 Å². The fraction of sp³-hybridized carbons (Fsp3) is 0.471. The predicted molar refractivity (Wildman–Crippen MR) is 82.0 cm³/mol. The normalized spacial score (nSPS) is 17.9. The minimum atomic E-state index is 0.290. The maximum atomic E-state index is 11.9. The molecule has 1 fully saturated rings. The quantitative estimate of drug-likeness (QED) is 0.642. The number of hydrogen-bond acceptors (Lipinski definition) is 3. The minimum absolute atomic E-state index is 0.290. The number of nitrogens with one attached hydrogen (secondary N) is 1. The monoisotopic (exact) mass is 273 g/mol. The molecule has 0 heterocycles. The van der Waals surface area contributed by atoms with Crippen molar-refractivity contribution in [2.24, 2.45) is 0 Å². The lowest BCUT2D eigenvalue weighted by Gasteiger charge is -2.07. The highest BCUT2D eigenvalue weighted by molar-refractivity contribution is 5.95. The standard InChI is InChI=1S/C17H23NO2/c1-2-12-20-16-10-8-15(9-11-16)18-13-14-6-4-3-5-7-17(14)19/h8-11,13,18H,2-7,12H2,1H3/b14-13+. The van der Waals surface area contributed by atoms with Crippen LogP contribution in [0, 0.1) is 0 Å². The highest BCUT2D eigenvalue weighted by Gasteiger charge is 2.12. The molecule has 20 heavy (non-hydrogen) atoms. The number of anilines is 1. The number of rotatable bonds is 5. The first-order chi connectivity index (χ1) is 9.79. The highest BCUT2D eigenvalue weighted by Crippen LogP contribution is 2.20. The van der Waals surface area contributed by atoms with E-state index < -0.39 is 0 Å². The summed E-state index contributed by atoms with van der Waals surface area (Å²) in [6.07, 6.45) is 7.76. The van der Waals surface area contributed by atoms with Crippen LogP contribution in [0.15, 0.2) is 36.0 Å². The van der Waals surface area contributed by atoms with Gasteiger partial charge in [0, 0.05) is 23.9 Å². The van der Waals surface area contributed by atoms with E-state index in [0.29, 0.717) is 6.42 Å². The van der Waals surface area contributed by atoms with Gasteiger partial charge < -0.3 is 10.1 Å². The summed E-state index contributed by atoms with van der Waals surface area (Å²) in [5.74, 6) is 1.17. The van der Waals surface area contributed by atoms with Crippen molar-refractivity contribution in [1.82, 2.24) is 0 Å². The Labute approximate surface area is 121 Å². The van der Waals surface area contributed by atoms with Gasteiger partial charge in [0.25, 0.3) is 0 Å². The lowest BCUT2D eigenvalue weighted by atomic mass is 10.1. The SMILES string of the molecule is CCCOc1ccc(N/C=C2\CCCCCC2=O)cc1. The van der Waals surface area contributed by atoms with Gasteiger partial charge >= 0.3 is 0 Å². The van der Waals surface area contributed by atoms with Gasteiger partial charge in [0.2, 0.25) is 0 Å². The molecule has 2 rings (SSSR count). The molecule has 1 aromatic carbocycles. The maximum Gasteiger partial charge on any atom is 0.160 e. The van der Waals surface area contributed by atoms with E-state index in [1.807, 2.05) is 30.5 Å². The molecule has 0 spiro atoms. The lowest BCUT2D eigenvalue weighted by molar-refractivity contribution is -0.115. The van der Waals surface area contributed by atoms with Gasteiger partial charge in [0.1, 0.15) is 5.75 Å². The second-order valence-corrected chi connectivity index (χ2v) is 5.17. The van der Waals surface area contributed by atoms with Gasteiger partial charge in [-0.2, -0.15) is 0 Å². The number of hydrogen-bond donors (Lipinski definition) is 1.